The van der Waals surface area contributed by atoms with Crippen molar-refractivity contribution in [2.24, 2.45) is 0 Å². The fraction of sp³-hybridized carbons (Fsp3) is 0.571. The molecule has 0 saturated carbocycles. The maximum absolute atomic E-state index is 13.8. The second-order valence-corrected chi connectivity index (χ2v) is 5.09. The third kappa shape index (κ3) is 3.46. The van der Waals surface area contributed by atoms with E-state index in [9.17, 15) is 19.7 Å². The third-order valence-electron chi connectivity index (χ3n) is 3.64. The maximum atomic E-state index is 13.8. The fourth-order valence-electron chi connectivity index (χ4n) is 2.39. The van der Waals surface area contributed by atoms with Crippen LogP contribution in [0.25, 0.3) is 0 Å². The van der Waals surface area contributed by atoms with Gasteiger partial charge in [-0.25, -0.2) is 4.39 Å². The van der Waals surface area contributed by atoms with Crippen molar-refractivity contribution in [3.63, 3.8) is 0 Å². The molecule has 1 saturated heterocycles. The number of nitrogens with zero attached hydrogens (tertiary/aromatic N) is 1. The van der Waals surface area contributed by atoms with Crippen LogP contribution in [-0.2, 0) is 6.42 Å². The number of benzene rings is 1. The molecule has 1 aromatic carbocycles. The van der Waals surface area contributed by atoms with Gasteiger partial charge in [-0.05, 0) is 18.1 Å². The molecule has 1 aliphatic heterocycles. The Morgan fingerprint density at radius 1 is 1.25 bits per heavy atom. The highest BCUT2D eigenvalue weighted by Gasteiger charge is 2.33. The first-order valence-corrected chi connectivity index (χ1v) is 6.60. The summed E-state index contributed by atoms with van der Waals surface area (Å²) in [5, 5.41) is 28.6. The third-order valence-corrected chi connectivity index (χ3v) is 3.64. The number of aliphatic hydroxyl groups is 3. The van der Waals surface area contributed by atoms with Crippen LogP contribution < -0.4 is 4.74 Å². The van der Waals surface area contributed by atoms with Gasteiger partial charge in [0.15, 0.2) is 0 Å². The van der Waals surface area contributed by atoms with E-state index in [2.05, 4.69) is 0 Å². The second-order valence-electron chi connectivity index (χ2n) is 5.09. The summed E-state index contributed by atoms with van der Waals surface area (Å²) in [4.78, 5) is 1.81. The van der Waals surface area contributed by atoms with Crippen molar-refractivity contribution in [3.05, 3.63) is 29.6 Å². The van der Waals surface area contributed by atoms with Crippen LogP contribution in [0.5, 0.6) is 5.75 Å². The zero-order chi connectivity index (χ0) is 14.7. The molecule has 2 atom stereocenters. The molecule has 0 radical (unpaired) electrons. The molecule has 0 aromatic heterocycles. The molecule has 0 amide bonds. The summed E-state index contributed by atoms with van der Waals surface area (Å²) in [6.07, 6.45) is -2.59. The highest BCUT2D eigenvalue weighted by molar-refractivity contribution is 5.29. The lowest BCUT2D eigenvalue weighted by Crippen LogP contribution is -2.55. The minimum Gasteiger partial charge on any atom is -0.497 e. The first-order valence-electron chi connectivity index (χ1n) is 6.60. The molecule has 0 aliphatic carbocycles. The number of methoxy groups -OCH3 is 1. The molecule has 3 N–H and O–H groups in total. The topological polar surface area (TPSA) is 73.2 Å². The smallest absolute Gasteiger partial charge is 0.130 e. The highest BCUT2D eigenvalue weighted by atomic mass is 19.1. The summed E-state index contributed by atoms with van der Waals surface area (Å²) in [6, 6.07) is 4.70. The molecule has 112 valence electrons. The number of β-amino-alcohol motifs (C(OH)–C–C–N with tert-alkyl or cyclic N) is 2. The van der Waals surface area contributed by atoms with Crippen LogP contribution in [0.15, 0.2) is 18.2 Å². The van der Waals surface area contributed by atoms with Crippen LogP contribution in [-0.4, -0.2) is 65.3 Å². The van der Waals surface area contributed by atoms with Gasteiger partial charge < -0.3 is 20.1 Å². The zero-order valence-corrected chi connectivity index (χ0v) is 11.4. The van der Waals surface area contributed by atoms with Gasteiger partial charge in [0.1, 0.15) is 17.7 Å². The van der Waals surface area contributed by atoms with Gasteiger partial charge in [0.25, 0.3) is 0 Å². The van der Waals surface area contributed by atoms with Crippen molar-refractivity contribution in [2.45, 2.75) is 24.7 Å². The largest absolute Gasteiger partial charge is 0.497 e. The van der Waals surface area contributed by atoms with E-state index >= 15 is 0 Å². The van der Waals surface area contributed by atoms with E-state index in [1.54, 1.807) is 12.1 Å². The quantitative estimate of drug-likeness (QED) is 0.713. The lowest BCUT2D eigenvalue weighted by molar-refractivity contribution is -0.109. The van der Waals surface area contributed by atoms with Crippen molar-refractivity contribution in [1.29, 1.82) is 0 Å². The summed E-state index contributed by atoms with van der Waals surface area (Å²) in [5.74, 6) is 0.140. The average molecular weight is 285 g/mol. The molecule has 1 heterocycles. The highest BCUT2D eigenvalue weighted by Crippen LogP contribution is 2.18. The minimum atomic E-state index is -1.11. The van der Waals surface area contributed by atoms with Crippen LogP contribution in [0, 0.1) is 5.82 Å². The van der Waals surface area contributed by atoms with Crippen molar-refractivity contribution in [3.8, 4) is 5.75 Å². The summed E-state index contributed by atoms with van der Waals surface area (Å²) >= 11 is 0. The van der Waals surface area contributed by atoms with Crippen LogP contribution in [0.1, 0.15) is 5.56 Å². The van der Waals surface area contributed by atoms with Crippen LogP contribution in [0.4, 0.5) is 4.39 Å². The standard InChI is InChI=1S/C14H20FNO4/c1-20-10-3-2-9(11(15)6-10)4-5-16-7-12(17)14(19)13(18)8-16/h2-3,6,12-14,17-19H,4-5,7-8H2,1H3. The first-order chi connectivity index (χ1) is 9.51. The van der Waals surface area contributed by atoms with Crippen LogP contribution in [0.2, 0.25) is 0 Å². The van der Waals surface area contributed by atoms with Gasteiger partial charge in [-0.1, -0.05) is 6.07 Å². The number of aliphatic hydroxyl groups excluding tert-OH is 3. The van der Waals surface area contributed by atoms with E-state index in [1.165, 1.54) is 13.2 Å². The predicted molar refractivity (Wildman–Crippen MR) is 71.1 cm³/mol. The molecule has 6 heteroatoms. The first kappa shape index (κ1) is 15.2. The molecular formula is C14H20FNO4. The number of rotatable bonds is 4. The van der Waals surface area contributed by atoms with Crippen molar-refractivity contribution in [2.75, 3.05) is 26.7 Å². The Kier molecular flexibility index (Phi) is 4.93. The van der Waals surface area contributed by atoms with Gasteiger partial charge >= 0.3 is 0 Å². The molecule has 2 unspecified atom stereocenters. The van der Waals surface area contributed by atoms with Crippen molar-refractivity contribution >= 4 is 0 Å². The van der Waals surface area contributed by atoms with Gasteiger partial charge in [0.05, 0.1) is 19.3 Å². The molecule has 1 aromatic rings. The average Bonchev–Trinajstić information content (AvgIpc) is 2.43. The molecular weight excluding hydrogens is 265 g/mol. The van der Waals surface area contributed by atoms with E-state index in [-0.39, 0.29) is 18.9 Å². The number of hydrogen-bond donors (Lipinski definition) is 3. The van der Waals surface area contributed by atoms with E-state index in [1.807, 2.05) is 4.90 Å². The number of likely N-dealkylation sites (tertiary alicyclic amines) is 1. The molecule has 20 heavy (non-hydrogen) atoms. The Bertz CT molecular complexity index is 445. The van der Waals surface area contributed by atoms with Gasteiger partial charge in [0.2, 0.25) is 0 Å². The van der Waals surface area contributed by atoms with Gasteiger partial charge in [-0.3, -0.25) is 4.90 Å². The van der Waals surface area contributed by atoms with Gasteiger partial charge in [-0.15, -0.1) is 0 Å². The Balaban J connectivity index is 1.92. The van der Waals surface area contributed by atoms with E-state index in [0.29, 0.717) is 24.3 Å². The minimum absolute atomic E-state index is 0.274. The monoisotopic (exact) mass is 285 g/mol. The molecule has 0 bridgehead atoms. The number of hydrogen-bond acceptors (Lipinski definition) is 5. The summed E-state index contributed by atoms with van der Waals surface area (Å²) < 4.78 is 18.7. The molecule has 1 fully saturated rings. The van der Waals surface area contributed by atoms with Crippen LogP contribution >= 0.6 is 0 Å². The Morgan fingerprint density at radius 2 is 1.90 bits per heavy atom. The number of halogens is 1. The van der Waals surface area contributed by atoms with E-state index in [4.69, 9.17) is 4.74 Å². The second kappa shape index (κ2) is 6.49. The van der Waals surface area contributed by atoms with Crippen LogP contribution in [0.3, 0.4) is 0 Å². The van der Waals surface area contributed by atoms with Gasteiger partial charge in [-0.2, -0.15) is 0 Å². The lowest BCUT2D eigenvalue weighted by atomic mass is 10.0. The Labute approximate surface area is 117 Å². The Morgan fingerprint density at radius 3 is 2.45 bits per heavy atom. The fourth-order valence-corrected chi connectivity index (χ4v) is 2.39. The SMILES string of the molecule is COc1ccc(CCN2CC(O)C(O)C(O)C2)c(F)c1. The molecule has 5 nitrogen and oxygen atoms in total. The van der Waals surface area contributed by atoms with E-state index in [0.717, 1.165) is 0 Å². The molecule has 1 aliphatic rings. The summed E-state index contributed by atoms with van der Waals surface area (Å²) in [5.41, 5.74) is 0.556. The predicted octanol–water partition coefficient (Wildman–Crippen LogP) is -0.225. The number of piperidine rings is 1. The lowest BCUT2D eigenvalue weighted by Gasteiger charge is -2.36. The van der Waals surface area contributed by atoms with E-state index < -0.39 is 18.3 Å². The zero-order valence-electron chi connectivity index (χ0n) is 11.4. The molecule has 0 spiro atoms. The number of ether oxygens (including phenoxy) is 1. The van der Waals surface area contributed by atoms with Gasteiger partial charge in [0, 0.05) is 25.7 Å². The maximum Gasteiger partial charge on any atom is 0.130 e. The van der Waals surface area contributed by atoms with Crippen molar-refractivity contribution in [1.82, 2.24) is 4.90 Å². The Hall–Kier alpha value is -1.21. The summed E-state index contributed by atoms with van der Waals surface area (Å²) in [7, 11) is 1.48. The molecule has 2 rings (SSSR count). The normalized spacial score (nSPS) is 27.6. The van der Waals surface area contributed by atoms with Crippen molar-refractivity contribution < 1.29 is 24.4 Å². The summed E-state index contributed by atoms with van der Waals surface area (Å²) in [6.45, 7) is 1.05.